The van der Waals surface area contributed by atoms with Gasteiger partial charge in [-0.25, -0.2) is 0 Å². The van der Waals surface area contributed by atoms with Gasteiger partial charge < -0.3 is 15.5 Å². The Kier molecular flexibility index (Phi) is 6.43. The monoisotopic (exact) mass is 433 g/mol. The molecule has 0 spiro atoms. The summed E-state index contributed by atoms with van der Waals surface area (Å²) in [5.74, 6) is -0.566. The molecule has 1 fully saturated rings. The van der Waals surface area contributed by atoms with E-state index in [0.717, 1.165) is 18.5 Å². The highest BCUT2D eigenvalue weighted by Gasteiger charge is 2.29. The molecule has 1 aromatic heterocycles. The molecule has 0 aliphatic carbocycles. The number of thiophene rings is 1. The van der Waals surface area contributed by atoms with Gasteiger partial charge >= 0.3 is 0 Å². The van der Waals surface area contributed by atoms with Crippen LogP contribution in [0, 0.1) is 5.92 Å². The average Bonchev–Trinajstić information content (AvgIpc) is 3.35. The number of carbonyl (C=O) groups is 3. The summed E-state index contributed by atoms with van der Waals surface area (Å²) in [6.07, 6.45) is 1.55. The first-order chi connectivity index (χ1) is 15.1. The van der Waals surface area contributed by atoms with Crippen LogP contribution in [0.15, 0.2) is 72.1 Å². The normalized spacial score (nSPS) is 15.9. The first-order valence-electron chi connectivity index (χ1n) is 10.2. The molecule has 158 valence electrons. The second-order valence-corrected chi connectivity index (χ2v) is 8.40. The molecule has 1 atom stereocenters. The minimum Gasteiger partial charge on any atom is -0.338 e. The molecule has 0 saturated carbocycles. The van der Waals surface area contributed by atoms with Gasteiger partial charge in [-0.2, -0.15) is 0 Å². The number of hydrogen-bond donors (Lipinski definition) is 2. The van der Waals surface area contributed by atoms with Gasteiger partial charge in [-0.3, -0.25) is 14.4 Å². The van der Waals surface area contributed by atoms with Gasteiger partial charge in [0.25, 0.3) is 11.8 Å². The van der Waals surface area contributed by atoms with Gasteiger partial charge in [-0.1, -0.05) is 24.3 Å². The van der Waals surface area contributed by atoms with Crippen LogP contribution in [0.2, 0.25) is 0 Å². The minimum atomic E-state index is -0.234. The Hall–Kier alpha value is -3.45. The Morgan fingerprint density at radius 3 is 2.32 bits per heavy atom. The predicted octanol–water partition coefficient (Wildman–Crippen LogP) is 4.49. The second kappa shape index (κ2) is 9.57. The molecule has 0 radical (unpaired) electrons. The summed E-state index contributed by atoms with van der Waals surface area (Å²) in [5, 5.41) is 7.61. The van der Waals surface area contributed by atoms with Crippen LogP contribution >= 0.6 is 11.3 Å². The van der Waals surface area contributed by atoms with Crippen molar-refractivity contribution in [3.63, 3.8) is 0 Å². The fraction of sp³-hybridized carbons (Fsp3) is 0.208. The fourth-order valence-electron chi connectivity index (χ4n) is 3.62. The Morgan fingerprint density at radius 2 is 1.61 bits per heavy atom. The summed E-state index contributed by atoms with van der Waals surface area (Å²) in [6, 6.07) is 19.8. The Morgan fingerprint density at radius 1 is 0.871 bits per heavy atom. The standard InChI is InChI=1S/C24H23N3O3S/c28-22(25-19-7-2-1-3-8-19)18-6-4-14-27(16-18)24(30)17-10-12-20(13-11-17)26-23(29)21-9-5-15-31-21/h1-3,5,7-13,15,18H,4,6,14,16H2,(H,25,28)(H,26,29). The number of anilines is 2. The van der Waals surface area contributed by atoms with Gasteiger partial charge in [-0.05, 0) is 60.7 Å². The molecule has 3 aromatic rings. The molecule has 3 amide bonds. The molecule has 1 aliphatic heterocycles. The van der Waals surface area contributed by atoms with Gasteiger partial charge in [0.15, 0.2) is 0 Å². The van der Waals surface area contributed by atoms with E-state index in [9.17, 15) is 14.4 Å². The molecular weight excluding hydrogens is 410 g/mol. The highest BCUT2D eigenvalue weighted by atomic mass is 32.1. The molecule has 1 unspecified atom stereocenters. The van der Waals surface area contributed by atoms with E-state index in [1.165, 1.54) is 11.3 Å². The smallest absolute Gasteiger partial charge is 0.265 e. The third-order valence-electron chi connectivity index (χ3n) is 5.26. The molecule has 2 N–H and O–H groups in total. The number of nitrogens with zero attached hydrogens (tertiary/aromatic N) is 1. The quantitative estimate of drug-likeness (QED) is 0.622. The van der Waals surface area contributed by atoms with Gasteiger partial charge in [0.05, 0.1) is 10.8 Å². The van der Waals surface area contributed by atoms with Crippen LogP contribution in [0.3, 0.4) is 0 Å². The maximum Gasteiger partial charge on any atom is 0.265 e. The van der Waals surface area contributed by atoms with E-state index in [2.05, 4.69) is 10.6 Å². The maximum absolute atomic E-state index is 13.0. The van der Waals surface area contributed by atoms with Gasteiger partial charge in [0, 0.05) is 30.0 Å². The van der Waals surface area contributed by atoms with Gasteiger partial charge in [-0.15, -0.1) is 11.3 Å². The third kappa shape index (κ3) is 5.19. The molecule has 31 heavy (non-hydrogen) atoms. The van der Waals surface area contributed by atoms with Crippen molar-refractivity contribution in [1.82, 2.24) is 4.90 Å². The summed E-state index contributed by atoms with van der Waals surface area (Å²) in [7, 11) is 0. The van der Waals surface area contributed by atoms with E-state index >= 15 is 0 Å². The molecule has 1 saturated heterocycles. The number of piperidine rings is 1. The summed E-state index contributed by atoms with van der Waals surface area (Å²) in [6.45, 7) is 1.03. The molecule has 2 aromatic carbocycles. The summed E-state index contributed by atoms with van der Waals surface area (Å²) >= 11 is 1.37. The third-order valence-corrected chi connectivity index (χ3v) is 6.12. The van der Waals surface area contributed by atoms with Crippen LogP contribution in [0.1, 0.15) is 32.9 Å². The van der Waals surface area contributed by atoms with E-state index in [1.807, 2.05) is 41.8 Å². The van der Waals surface area contributed by atoms with Crippen LogP contribution in [-0.2, 0) is 4.79 Å². The van der Waals surface area contributed by atoms with Gasteiger partial charge in [0.1, 0.15) is 0 Å². The van der Waals surface area contributed by atoms with Crippen LogP contribution in [0.5, 0.6) is 0 Å². The van der Waals surface area contributed by atoms with Crippen LogP contribution < -0.4 is 10.6 Å². The van der Waals surface area contributed by atoms with Gasteiger partial charge in [0.2, 0.25) is 5.91 Å². The zero-order valence-electron chi connectivity index (χ0n) is 16.9. The molecular formula is C24H23N3O3S. The highest BCUT2D eigenvalue weighted by Crippen LogP contribution is 2.21. The number of hydrogen-bond acceptors (Lipinski definition) is 4. The fourth-order valence-corrected chi connectivity index (χ4v) is 4.24. The van der Waals surface area contributed by atoms with Crippen molar-refractivity contribution in [2.45, 2.75) is 12.8 Å². The first-order valence-corrected chi connectivity index (χ1v) is 11.1. The minimum absolute atomic E-state index is 0.0599. The molecule has 6 nitrogen and oxygen atoms in total. The lowest BCUT2D eigenvalue weighted by Gasteiger charge is -2.32. The number of para-hydroxylation sites is 1. The predicted molar refractivity (Wildman–Crippen MR) is 122 cm³/mol. The lowest BCUT2D eigenvalue weighted by molar-refractivity contribution is -0.121. The number of carbonyl (C=O) groups excluding carboxylic acids is 3. The molecule has 1 aliphatic rings. The summed E-state index contributed by atoms with van der Waals surface area (Å²) in [5.41, 5.74) is 1.93. The van der Waals surface area contributed by atoms with Crippen molar-refractivity contribution in [2.24, 2.45) is 5.92 Å². The van der Waals surface area contributed by atoms with Crippen molar-refractivity contribution < 1.29 is 14.4 Å². The highest BCUT2D eigenvalue weighted by molar-refractivity contribution is 7.12. The topological polar surface area (TPSA) is 78.5 Å². The van der Waals surface area contributed by atoms with Crippen LogP contribution in [0.4, 0.5) is 11.4 Å². The number of amides is 3. The van der Waals surface area contributed by atoms with Crippen molar-refractivity contribution in [1.29, 1.82) is 0 Å². The number of likely N-dealkylation sites (tertiary alicyclic amines) is 1. The van der Waals surface area contributed by atoms with Crippen molar-refractivity contribution in [2.75, 3.05) is 23.7 Å². The van der Waals surface area contributed by atoms with Crippen molar-refractivity contribution in [3.05, 3.63) is 82.6 Å². The van der Waals surface area contributed by atoms with Crippen LogP contribution in [0.25, 0.3) is 0 Å². The SMILES string of the molecule is O=C(Nc1ccc(C(=O)N2CCCC(C(=O)Nc3ccccc3)C2)cc1)c1cccs1. The summed E-state index contributed by atoms with van der Waals surface area (Å²) < 4.78 is 0. The largest absolute Gasteiger partial charge is 0.338 e. The molecule has 0 bridgehead atoms. The Balaban J connectivity index is 1.36. The van der Waals surface area contributed by atoms with Crippen molar-refractivity contribution >= 4 is 40.4 Å². The first kappa shape index (κ1) is 20.8. The number of nitrogens with one attached hydrogen (secondary N) is 2. The van der Waals surface area contributed by atoms with Crippen molar-refractivity contribution in [3.8, 4) is 0 Å². The zero-order valence-corrected chi connectivity index (χ0v) is 17.7. The molecule has 7 heteroatoms. The van der Waals surface area contributed by atoms with E-state index in [-0.39, 0.29) is 23.6 Å². The maximum atomic E-state index is 13.0. The lowest BCUT2D eigenvalue weighted by Crippen LogP contribution is -2.43. The van der Waals surface area contributed by atoms with E-state index < -0.39 is 0 Å². The number of rotatable bonds is 5. The Labute approximate surface area is 184 Å². The zero-order chi connectivity index (χ0) is 21.6. The van der Waals surface area contributed by atoms with Crippen LogP contribution in [-0.4, -0.2) is 35.7 Å². The lowest BCUT2D eigenvalue weighted by atomic mass is 9.96. The Bertz CT molecular complexity index is 1050. The van der Waals surface area contributed by atoms with E-state index in [4.69, 9.17) is 0 Å². The molecule has 2 heterocycles. The number of benzene rings is 2. The molecule has 4 rings (SSSR count). The average molecular weight is 434 g/mol. The second-order valence-electron chi connectivity index (χ2n) is 7.45. The summed E-state index contributed by atoms with van der Waals surface area (Å²) in [4.78, 5) is 40.1. The van der Waals surface area contributed by atoms with E-state index in [0.29, 0.717) is 29.2 Å². The van der Waals surface area contributed by atoms with E-state index in [1.54, 1.807) is 35.2 Å².